The van der Waals surface area contributed by atoms with Crippen molar-refractivity contribution in [3.63, 3.8) is 0 Å². The number of hydrogen-bond donors (Lipinski definition) is 0. The van der Waals surface area contributed by atoms with E-state index in [1.165, 1.54) is 11.1 Å². The van der Waals surface area contributed by atoms with Crippen LogP contribution in [0.5, 0.6) is 11.5 Å². The van der Waals surface area contributed by atoms with E-state index in [1.54, 1.807) is 7.11 Å². The summed E-state index contributed by atoms with van der Waals surface area (Å²) in [7, 11) is 1.69. The largest absolute Gasteiger partial charge is 0.497 e. The fourth-order valence-electron chi connectivity index (χ4n) is 3.21. The number of nitrogens with zero attached hydrogens (tertiary/aromatic N) is 2. The van der Waals surface area contributed by atoms with E-state index in [0.29, 0.717) is 0 Å². The molecule has 1 fully saturated rings. The smallest absolute Gasteiger partial charge is 0.260 e. The molecule has 3 rings (SSSR count). The SMILES string of the molecule is COc1cccc(CCN2CCN(C(=O)COc3ccc(C)cc3)CC2)c1. The highest BCUT2D eigenvalue weighted by Gasteiger charge is 2.21. The fourth-order valence-corrected chi connectivity index (χ4v) is 3.21. The lowest BCUT2D eigenvalue weighted by molar-refractivity contribution is -0.135. The third kappa shape index (κ3) is 5.73. The molecule has 144 valence electrons. The molecule has 0 atom stereocenters. The van der Waals surface area contributed by atoms with E-state index in [9.17, 15) is 4.79 Å². The standard InChI is InChI=1S/C22H28N2O3/c1-18-6-8-20(9-7-18)27-17-22(25)24-14-12-23(13-15-24)11-10-19-4-3-5-21(16-19)26-2/h3-9,16H,10-15,17H2,1-2H3. The molecule has 0 N–H and O–H groups in total. The van der Waals surface area contributed by atoms with Gasteiger partial charge in [-0.1, -0.05) is 29.8 Å². The minimum Gasteiger partial charge on any atom is -0.497 e. The normalized spacial score (nSPS) is 14.8. The van der Waals surface area contributed by atoms with Crippen molar-refractivity contribution in [1.82, 2.24) is 9.80 Å². The molecule has 5 nitrogen and oxygen atoms in total. The van der Waals surface area contributed by atoms with Crippen LogP contribution in [0.4, 0.5) is 0 Å². The van der Waals surface area contributed by atoms with Crippen molar-refractivity contribution < 1.29 is 14.3 Å². The van der Waals surface area contributed by atoms with Gasteiger partial charge in [-0.3, -0.25) is 9.69 Å². The first-order chi connectivity index (χ1) is 13.1. The predicted octanol–water partition coefficient (Wildman–Crippen LogP) is 2.77. The molecule has 0 radical (unpaired) electrons. The van der Waals surface area contributed by atoms with Gasteiger partial charge in [0, 0.05) is 32.7 Å². The Morgan fingerprint density at radius 2 is 1.74 bits per heavy atom. The molecule has 0 spiro atoms. The Morgan fingerprint density at radius 3 is 2.44 bits per heavy atom. The van der Waals surface area contributed by atoms with Gasteiger partial charge in [-0.2, -0.15) is 0 Å². The van der Waals surface area contributed by atoms with Gasteiger partial charge in [-0.25, -0.2) is 0 Å². The number of hydrogen-bond acceptors (Lipinski definition) is 4. The maximum Gasteiger partial charge on any atom is 0.260 e. The maximum atomic E-state index is 12.4. The fraction of sp³-hybridized carbons (Fsp3) is 0.409. The number of methoxy groups -OCH3 is 1. The van der Waals surface area contributed by atoms with Crippen LogP contribution in [0.2, 0.25) is 0 Å². The molecule has 0 bridgehead atoms. The first-order valence-corrected chi connectivity index (χ1v) is 9.46. The molecule has 2 aromatic rings. The van der Waals surface area contributed by atoms with Crippen LogP contribution in [0, 0.1) is 6.92 Å². The third-order valence-electron chi connectivity index (χ3n) is 4.96. The number of ether oxygens (including phenoxy) is 2. The number of carbonyl (C=O) groups is 1. The second kappa shape index (κ2) is 9.42. The predicted molar refractivity (Wildman–Crippen MR) is 106 cm³/mol. The third-order valence-corrected chi connectivity index (χ3v) is 4.96. The molecule has 0 unspecified atom stereocenters. The van der Waals surface area contributed by atoms with E-state index in [0.717, 1.165) is 50.6 Å². The van der Waals surface area contributed by atoms with Gasteiger partial charge >= 0.3 is 0 Å². The maximum absolute atomic E-state index is 12.4. The van der Waals surface area contributed by atoms with Crippen LogP contribution in [0.15, 0.2) is 48.5 Å². The lowest BCUT2D eigenvalue weighted by Crippen LogP contribution is -2.50. The quantitative estimate of drug-likeness (QED) is 0.754. The summed E-state index contributed by atoms with van der Waals surface area (Å²) in [5.74, 6) is 1.70. The molecular weight excluding hydrogens is 340 g/mol. The van der Waals surface area contributed by atoms with Crippen LogP contribution in [0.1, 0.15) is 11.1 Å². The Kier molecular flexibility index (Phi) is 6.71. The van der Waals surface area contributed by atoms with E-state index < -0.39 is 0 Å². The molecule has 27 heavy (non-hydrogen) atoms. The van der Waals surface area contributed by atoms with Gasteiger partial charge in [-0.15, -0.1) is 0 Å². The summed E-state index contributed by atoms with van der Waals surface area (Å²) >= 11 is 0. The van der Waals surface area contributed by atoms with Gasteiger partial charge in [0.05, 0.1) is 7.11 Å². The number of piperazine rings is 1. The molecule has 2 aromatic carbocycles. The van der Waals surface area contributed by atoms with Crippen molar-refractivity contribution in [2.24, 2.45) is 0 Å². The van der Waals surface area contributed by atoms with Crippen molar-refractivity contribution >= 4 is 5.91 Å². The second-order valence-electron chi connectivity index (χ2n) is 6.93. The highest BCUT2D eigenvalue weighted by Crippen LogP contribution is 2.14. The zero-order chi connectivity index (χ0) is 19.1. The van der Waals surface area contributed by atoms with Crippen LogP contribution < -0.4 is 9.47 Å². The summed E-state index contributed by atoms with van der Waals surface area (Å²) in [6.07, 6.45) is 0.988. The summed E-state index contributed by atoms with van der Waals surface area (Å²) in [6.45, 7) is 6.45. The Hall–Kier alpha value is -2.53. The van der Waals surface area contributed by atoms with E-state index in [-0.39, 0.29) is 12.5 Å². The van der Waals surface area contributed by atoms with Gasteiger partial charge in [0.25, 0.3) is 5.91 Å². The minimum absolute atomic E-state index is 0.0584. The highest BCUT2D eigenvalue weighted by atomic mass is 16.5. The Bertz CT molecular complexity index is 737. The number of carbonyl (C=O) groups excluding carboxylic acids is 1. The van der Waals surface area contributed by atoms with Crippen molar-refractivity contribution in [3.05, 3.63) is 59.7 Å². The van der Waals surface area contributed by atoms with Crippen LogP contribution in [0.3, 0.4) is 0 Å². The lowest BCUT2D eigenvalue weighted by Gasteiger charge is -2.34. The minimum atomic E-state index is 0.0584. The van der Waals surface area contributed by atoms with Crippen molar-refractivity contribution in [2.45, 2.75) is 13.3 Å². The summed E-state index contributed by atoms with van der Waals surface area (Å²) in [4.78, 5) is 16.7. The molecule has 0 saturated carbocycles. The Balaban J connectivity index is 1.38. The average molecular weight is 368 g/mol. The Morgan fingerprint density at radius 1 is 1.00 bits per heavy atom. The van der Waals surface area contributed by atoms with Crippen LogP contribution in [-0.2, 0) is 11.2 Å². The van der Waals surface area contributed by atoms with E-state index in [1.807, 2.05) is 48.2 Å². The molecule has 1 saturated heterocycles. The lowest BCUT2D eigenvalue weighted by atomic mass is 10.1. The van der Waals surface area contributed by atoms with Crippen LogP contribution in [-0.4, -0.2) is 62.1 Å². The van der Waals surface area contributed by atoms with Crippen molar-refractivity contribution in [1.29, 1.82) is 0 Å². The van der Waals surface area contributed by atoms with Gasteiger partial charge in [0.15, 0.2) is 6.61 Å². The Labute approximate surface area is 161 Å². The summed E-state index contributed by atoms with van der Waals surface area (Å²) in [6, 6.07) is 16.0. The molecule has 0 aliphatic carbocycles. The van der Waals surface area contributed by atoms with Crippen LogP contribution >= 0.6 is 0 Å². The number of amides is 1. The van der Waals surface area contributed by atoms with E-state index >= 15 is 0 Å². The summed E-state index contributed by atoms with van der Waals surface area (Å²) < 4.78 is 10.9. The van der Waals surface area contributed by atoms with Gasteiger partial charge in [0.2, 0.25) is 0 Å². The van der Waals surface area contributed by atoms with Crippen LogP contribution in [0.25, 0.3) is 0 Å². The molecule has 1 aliphatic rings. The monoisotopic (exact) mass is 368 g/mol. The molecule has 1 aliphatic heterocycles. The topological polar surface area (TPSA) is 42.0 Å². The molecular formula is C22H28N2O3. The molecule has 1 heterocycles. The van der Waals surface area contributed by atoms with Gasteiger partial charge in [0.1, 0.15) is 11.5 Å². The number of benzene rings is 2. The zero-order valence-corrected chi connectivity index (χ0v) is 16.2. The number of aryl methyl sites for hydroxylation is 1. The highest BCUT2D eigenvalue weighted by molar-refractivity contribution is 5.77. The zero-order valence-electron chi connectivity index (χ0n) is 16.2. The van der Waals surface area contributed by atoms with E-state index in [4.69, 9.17) is 9.47 Å². The summed E-state index contributed by atoms with van der Waals surface area (Å²) in [5.41, 5.74) is 2.46. The first kappa shape index (κ1) is 19.2. The van der Waals surface area contributed by atoms with Crippen molar-refractivity contribution in [2.75, 3.05) is 46.4 Å². The molecule has 5 heteroatoms. The summed E-state index contributed by atoms with van der Waals surface area (Å²) in [5, 5.41) is 0. The molecule has 0 aromatic heterocycles. The van der Waals surface area contributed by atoms with Gasteiger partial charge < -0.3 is 14.4 Å². The van der Waals surface area contributed by atoms with Crippen molar-refractivity contribution in [3.8, 4) is 11.5 Å². The van der Waals surface area contributed by atoms with Gasteiger partial charge in [-0.05, 0) is 43.2 Å². The second-order valence-corrected chi connectivity index (χ2v) is 6.93. The number of rotatable bonds is 7. The first-order valence-electron chi connectivity index (χ1n) is 9.46. The molecule has 1 amide bonds. The van der Waals surface area contributed by atoms with E-state index in [2.05, 4.69) is 17.0 Å². The average Bonchev–Trinajstić information content (AvgIpc) is 2.72.